The summed E-state index contributed by atoms with van der Waals surface area (Å²) in [5.74, 6) is 0. The van der Waals surface area contributed by atoms with Crippen molar-refractivity contribution < 1.29 is 23.0 Å². The van der Waals surface area contributed by atoms with Crippen LogP contribution in [0.25, 0.3) is 16.3 Å². The van der Waals surface area contributed by atoms with Crippen LogP contribution >= 0.6 is 0 Å². The fourth-order valence-electron chi connectivity index (χ4n) is 4.41. The molecular weight excluding hydrogens is 377 g/mol. The molecule has 2 nitrogen and oxygen atoms in total. The maximum atomic E-state index is 13.6. The van der Waals surface area contributed by atoms with Gasteiger partial charge in [0.25, 0.3) is 0 Å². The quantitative estimate of drug-likeness (QED) is 0.595. The minimum absolute atomic E-state index is 0.600. The van der Waals surface area contributed by atoms with E-state index in [1.807, 2.05) is 43.3 Å². The minimum Gasteiger partial charge on any atom is -0.378 e. The number of allylic oxidation sites excluding steroid dienone is 1. The van der Waals surface area contributed by atoms with E-state index >= 15 is 0 Å². The van der Waals surface area contributed by atoms with Crippen molar-refractivity contribution in [3.05, 3.63) is 54.1 Å². The SMILES string of the molecule is C=C(C)c1c(C2(OC(C)(C)C(C)(O)C(F)(F)F)CCCC2)ccc2ccccc12. The van der Waals surface area contributed by atoms with E-state index in [4.69, 9.17) is 4.74 Å². The molecule has 158 valence electrons. The van der Waals surface area contributed by atoms with Crippen molar-refractivity contribution in [2.75, 3.05) is 0 Å². The average Bonchev–Trinajstić information content (AvgIpc) is 3.08. The predicted molar refractivity (Wildman–Crippen MR) is 111 cm³/mol. The van der Waals surface area contributed by atoms with Crippen LogP contribution in [0, 0.1) is 0 Å². The second-order valence-electron chi connectivity index (χ2n) is 8.87. The zero-order chi connectivity index (χ0) is 21.7. The number of alkyl halides is 3. The molecule has 3 rings (SSSR count). The Morgan fingerprint density at radius 2 is 1.62 bits per heavy atom. The van der Waals surface area contributed by atoms with Gasteiger partial charge in [-0.2, -0.15) is 13.2 Å². The van der Waals surface area contributed by atoms with Gasteiger partial charge >= 0.3 is 6.18 Å². The van der Waals surface area contributed by atoms with Crippen LogP contribution in [0.5, 0.6) is 0 Å². The normalized spacial score (nSPS) is 19.3. The highest BCUT2D eigenvalue weighted by Gasteiger charge is 2.62. The Bertz CT molecular complexity index is 919. The third kappa shape index (κ3) is 3.59. The van der Waals surface area contributed by atoms with Crippen LogP contribution in [-0.4, -0.2) is 22.5 Å². The zero-order valence-electron chi connectivity index (χ0n) is 17.5. The molecule has 1 fully saturated rings. The first-order chi connectivity index (χ1) is 13.3. The minimum atomic E-state index is -4.81. The van der Waals surface area contributed by atoms with Crippen LogP contribution in [-0.2, 0) is 10.3 Å². The summed E-state index contributed by atoms with van der Waals surface area (Å²) in [6.07, 6.45) is -1.90. The van der Waals surface area contributed by atoms with Gasteiger partial charge in [0.2, 0.25) is 0 Å². The average molecular weight is 406 g/mol. The smallest absolute Gasteiger partial charge is 0.378 e. The number of hydrogen-bond acceptors (Lipinski definition) is 2. The number of aliphatic hydroxyl groups is 1. The highest BCUT2D eigenvalue weighted by atomic mass is 19.4. The second kappa shape index (κ2) is 7.13. The molecular formula is C24H29F3O2. The molecule has 2 aromatic rings. The van der Waals surface area contributed by atoms with E-state index in [9.17, 15) is 18.3 Å². The number of hydrogen-bond donors (Lipinski definition) is 1. The standard InChI is InChI=1S/C24H29F3O2/c1-16(2)20-18-11-7-6-10-17(18)12-13-19(20)23(14-8-9-15-23)29-21(3,4)22(5,28)24(25,26)27/h6-7,10-13,28H,1,8-9,14-15H2,2-5H3. The van der Waals surface area contributed by atoms with Crippen LogP contribution in [0.2, 0.25) is 0 Å². The lowest BCUT2D eigenvalue weighted by molar-refractivity contribution is -0.330. The molecule has 0 amide bonds. The Morgan fingerprint density at radius 1 is 1.03 bits per heavy atom. The van der Waals surface area contributed by atoms with Crippen molar-refractivity contribution in [1.29, 1.82) is 0 Å². The molecule has 0 aliphatic heterocycles. The topological polar surface area (TPSA) is 29.5 Å². The van der Waals surface area contributed by atoms with Crippen LogP contribution in [0.1, 0.15) is 64.5 Å². The highest BCUT2D eigenvalue weighted by molar-refractivity contribution is 5.94. The number of fused-ring (bicyclic) bond motifs is 1. The summed E-state index contributed by atoms with van der Waals surface area (Å²) in [6, 6.07) is 11.8. The molecule has 1 aliphatic carbocycles. The van der Waals surface area contributed by atoms with Crippen molar-refractivity contribution in [3.8, 4) is 0 Å². The van der Waals surface area contributed by atoms with Crippen molar-refractivity contribution in [2.24, 2.45) is 0 Å². The Balaban J connectivity index is 2.18. The molecule has 1 aliphatic rings. The Morgan fingerprint density at radius 3 is 2.17 bits per heavy atom. The van der Waals surface area contributed by atoms with Gasteiger partial charge in [0.1, 0.15) is 5.60 Å². The fourth-order valence-corrected chi connectivity index (χ4v) is 4.41. The van der Waals surface area contributed by atoms with Gasteiger partial charge in [0, 0.05) is 0 Å². The van der Waals surface area contributed by atoms with Crippen LogP contribution in [0.3, 0.4) is 0 Å². The van der Waals surface area contributed by atoms with E-state index in [1.54, 1.807) is 0 Å². The first-order valence-corrected chi connectivity index (χ1v) is 10.00. The molecule has 1 N–H and O–H groups in total. The van der Waals surface area contributed by atoms with Gasteiger partial charge in [0.05, 0.1) is 5.60 Å². The van der Waals surface area contributed by atoms with Gasteiger partial charge < -0.3 is 9.84 Å². The monoisotopic (exact) mass is 406 g/mol. The molecule has 0 aromatic heterocycles. The molecule has 1 saturated carbocycles. The van der Waals surface area contributed by atoms with E-state index in [0.29, 0.717) is 12.8 Å². The van der Waals surface area contributed by atoms with Gasteiger partial charge in [-0.05, 0) is 62.4 Å². The summed E-state index contributed by atoms with van der Waals surface area (Å²) in [5.41, 5.74) is -3.12. The lowest BCUT2D eigenvalue weighted by atomic mass is 9.80. The maximum Gasteiger partial charge on any atom is 0.419 e. The highest BCUT2D eigenvalue weighted by Crippen LogP contribution is 2.51. The third-order valence-corrected chi connectivity index (χ3v) is 6.43. The van der Waals surface area contributed by atoms with Crippen LogP contribution < -0.4 is 0 Å². The largest absolute Gasteiger partial charge is 0.419 e. The maximum absolute atomic E-state index is 13.6. The molecule has 29 heavy (non-hydrogen) atoms. The van der Waals surface area contributed by atoms with E-state index in [2.05, 4.69) is 6.58 Å². The van der Waals surface area contributed by atoms with Gasteiger partial charge in [-0.25, -0.2) is 0 Å². The van der Waals surface area contributed by atoms with Crippen molar-refractivity contribution in [3.63, 3.8) is 0 Å². The summed E-state index contributed by atoms with van der Waals surface area (Å²) < 4.78 is 47.1. The van der Waals surface area contributed by atoms with E-state index < -0.39 is 23.0 Å². The number of benzene rings is 2. The molecule has 0 heterocycles. The van der Waals surface area contributed by atoms with Crippen molar-refractivity contribution in [2.45, 2.75) is 76.4 Å². The number of halogens is 3. The van der Waals surface area contributed by atoms with E-state index in [0.717, 1.165) is 47.2 Å². The Hall–Kier alpha value is -1.85. The van der Waals surface area contributed by atoms with Gasteiger partial charge in [-0.1, -0.05) is 61.4 Å². The first kappa shape index (κ1) is 21.8. The molecule has 2 aromatic carbocycles. The van der Waals surface area contributed by atoms with Crippen LogP contribution in [0.15, 0.2) is 43.0 Å². The zero-order valence-corrected chi connectivity index (χ0v) is 17.5. The third-order valence-electron chi connectivity index (χ3n) is 6.43. The Labute approximate surface area is 170 Å². The molecule has 0 saturated heterocycles. The summed E-state index contributed by atoms with van der Waals surface area (Å²) in [5, 5.41) is 12.4. The first-order valence-electron chi connectivity index (χ1n) is 10.00. The van der Waals surface area contributed by atoms with Crippen molar-refractivity contribution >= 4 is 16.3 Å². The van der Waals surface area contributed by atoms with Crippen LogP contribution in [0.4, 0.5) is 13.2 Å². The van der Waals surface area contributed by atoms with E-state index in [-0.39, 0.29) is 0 Å². The number of ether oxygens (including phenoxy) is 1. The predicted octanol–water partition coefficient (Wildman–Crippen LogP) is 6.75. The summed E-state index contributed by atoms with van der Waals surface area (Å²) in [4.78, 5) is 0. The van der Waals surface area contributed by atoms with Gasteiger partial charge in [-0.3, -0.25) is 0 Å². The Kier molecular flexibility index (Phi) is 5.38. The van der Waals surface area contributed by atoms with Gasteiger partial charge in [0.15, 0.2) is 5.60 Å². The van der Waals surface area contributed by atoms with E-state index in [1.165, 1.54) is 13.8 Å². The lowest BCUT2D eigenvalue weighted by Gasteiger charge is -2.47. The molecule has 1 atom stereocenters. The fraction of sp³-hybridized carbons (Fsp3) is 0.500. The second-order valence-corrected chi connectivity index (χ2v) is 8.87. The number of rotatable bonds is 5. The lowest BCUT2D eigenvalue weighted by Crippen LogP contribution is -2.61. The summed E-state index contributed by atoms with van der Waals surface area (Å²) in [7, 11) is 0. The molecule has 1 unspecified atom stereocenters. The molecule has 5 heteroatoms. The molecule has 0 radical (unpaired) electrons. The molecule has 0 spiro atoms. The van der Waals surface area contributed by atoms with Crippen molar-refractivity contribution in [1.82, 2.24) is 0 Å². The van der Waals surface area contributed by atoms with Gasteiger partial charge in [-0.15, -0.1) is 0 Å². The molecule has 0 bridgehead atoms. The summed E-state index contributed by atoms with van der Waals surface area (Å²) >= 11 is 0. The summed E-state index contributed by atoms with van der Waals surface area (Å²) in [6.45, 7) is 9.48.